The number of ether oxygens (including phenoxy) is 1. The number of methoxy groups -OCH3 is 1. The van der Waals surface area contributed by atoms with Crippen molar-refractivity contribution in [3.05, 3.63) is 29.8 Å². The van der Waals surface area contributed by atoms with E-state index in [1.54, 1.807) is 26.1 Å². The van der Waals surface area contributed by atoms with Crippen LogP contribution >= 0.6 is 24.0 Å². The van der Waals surface area contributed by atoms with E-state index in [2.05, 4.69) is 17.1 Å². The van der Waals surface area contributed by atoms with Gasteiger partial charge in [0.25, 0.3) is 0 Å². The summed E-state index contributed by atoms with van der Waals surface area (Å²) in [4.78, 5) is 20.5. The number of benzene rings is 1. The molecule has 1 aliphatic heterocycles. The van der Waals surface area contributed by atoms with Crippen LogP contribution in [0, 0.1) is 5.92 Å². The molecule has 26 heavy (non-hydrogen) atoms. The monoisotopic (exact) mass is 474 g/mol. The van der Waals surface area contributed by atoms with E-state index in [9.17, 15) is 4.79 Å². The van der Waals surface area contributed by atoms with Crippen LogP contribution in [0.4, 0.5) is 0 Å². The number of hydrogen-bond acceptors (Lipinski definition) is 3. The van der Waals surface area contributed by atoms with Crippen LogP contribution in [-0.4, -0.2) is 62.5 Å². The van der Waals surface area contributed by atoms with Gasteiger partial charge in [-0.25, -0.2) is 4.99 Å². The Morgan fingerprint density at radius 1 is 1.27 bits per heavy atom. The van der Waals surface area contributed by atoms with Crippen molar-refractivity contribution in [1.29, 1.82) is 0 Å². The SMILES string of the molecule is COc1ccc(CN=C(NCC(=O)N(C)C)N2CCC(C)CC2)cc1.I. The summed E-state index contributed by atoms with van der Waals surface area (Å²) in [6.07, 6.45) is 2.32. The van der Waals surface area contributed by atoms with E-state index < -0.39 is 0 Å². The maximum atomic E-state index is 11.9. The van der Waals surface area contributed by atoms with Gasteiger partial charge >= 0.3 is 0 Å². The molecule has 0 bridgehead atoms. The molecular weight excluding hydrogens is 443 g/mol. The van der Waals surface area contributed by atoms with Gasteiger partial charge in [-0.05, 0) is 36.5 Å². The van der Waals surface area contributed by atoms with Crippen molar-refractivity contribution in [3.63, 3.8) is 0 Å². The zero-order valence-corrected chi connectivity index (χ0v) is 18.5. The third-order valence-electron chi connectivity index (χ3n) is 4.55. The van der Waals surface area contributed by atoms with Gasteiger partial charge in [0.15, 0.2) is 5.96 Å². The first kappa shape index (κ1) is 22.5. The van der Waals surface area contributed by atoms with E-state index in [4.69, 9.17) is 9.73 Å². The Labute approximate surface area is 174 Å². The third kappa shape index (κ3) is 7.01. The molecule has 6 nitrogen and oxygen atoms in total. The Morgan fingerprint density at radius 3 is 2.42 bits per heavy atom. The molecule has 2 rings (SSSR count). The molecule has 1 aliphatic rings. The van der Waals surface area contributed by atoms with Crippen molar-refractivity contribution in [2.24, 2.45) is 10.9 Å². The highest BCUT2D eigenvalue weighted by Gasteiger charge is 2.19. The average molecular weight is 474 g/mol. The molecule has 0 radical (unpaired) electrons. The summed E-state index contributed by atoms with van der Waals surface area (Å²) < 4.78 is 5.19. The molecule has 0 spiro atoms. The van der Waals surface area contributed by atoms with Gasteiger partial charge in [-0.2, -0.15) is 0 Å². The number of rotatable bonds is 5. The van der Waals surface area contributed by atoms with Crippen LogP contribution in [0.25, 0.3) is 0 Å². The molecule has 1 amide bonds. The lowest BCUT2D eigenvalue weighted by atomic mass is 9.99. The number of guanidine groups is 1. The van der Waals surface area contributed by atoms with E-state index in [1.165, 1.54) is 0 Å². The molecule has 0 unspecified atom stereocenters. The normalized spacial score (nSPS) is 15.2. The number of aliphatic imine (C=N–C) groups is 1. The lowest BCUT2D eigenvalue weighted by molar-refractivity contribution is -0.127. The molecule has 1 aromatic carbocycles. The molecule has 146 valence electrons. The van der Waals surface area contributed by atoms with E-state index in [1.807, 2.05) is 24.3 Å². The molecule has 0 aliphatic carbocycles. The second-order valence-corrected chi connectivity index (χ2v) is 6.80. The standard InChI is InChI=1S/C19H30N4O2.HI/c1-15-9-11-23(12-10-15)19(21-14-18(24)22(2)3)20-13-16-5-7-17(25-4)8-6-16;/h5-8,15H,9-14H2,1-4H3,(H,20,21);1H. The highest BCUT2D eigenvalue weighted by Crippen LogP contribution is 2.16. The van der Waals surface area contributed by atoms with Crippen molar-refractivity contribution in [1.82, 2.24) is 15.1 Å². The second kappa shape index (κ2) is 11.3. The molecule has 1 aromatic rings. The van der Waals surface area contributed by atoms with Gasteiger partial charge < -0.3 is 19.9 Å². The molecule has 1 heterocycles. The fraction of sp³-hybridized carbons (Fsp3) is 0.579. The van der Waals surface area contributed by atoms with E-state index in [0.29, 0.717) is 6.54 Å². The number of likely N-dealkylation sites (tertiary alicyclic amines) is 1. The van der Waals surface area contributed by atoms with Gasteiger partial charge in [0, 0.05) is 27.2 Å². The Kier molecular flexibility index (Phi) is 9.75. The summed E-state index contributed by atoms with van der Waals surface area (Å²) in [5, 5.41) is 3.24. The van der Waals surface area contributed by atoms with Crippen LogP contribution in [0.1, 0.15) is 25.3 Å². The Bertz CT molecular complexity index is 582. The number of amides is 1. The lowest BCUT2D eigenvalue weighted by Gasteiger charge is -2.33. The summed E-state index contributed by atoms with van der Waals surface area (Å²) in [6.45, 7) is 5.08. The highest BCUT2D eigenvalue weighted by molar-refractivity contribution is 14.0. The minimum absolute atomic E-state index is 0. The van der Waals surface area contributed by atoms with Crippen LogP contribution < -0.4 is 10.1 Å². The molecule has 0 atom stereocenters. The Hall–Kier alpha value is -1.51. The topological polar surface area (TPSA) is 57.2 Å². The summed E-state index contributed by atoms with van der Waals surface area (Å²) in [5.41, 5.74) is 1.12. The van der Waals surface area contributed by atoms with Crippen molar-refractivity contribution in [3.8, 4) is 5.75 Å². The number of carbonyl (C=O) groups is 1. The van der Waals surface area contributed by atoms with E-state index in [0.717, 1.165) is 49.1 Å². The Balaban J connectivity index is 0.00000338. The number of nitrogens with zero attached hydrogens (tertiary/aromatic N) is 3. The number of halogens is 1. The van der Waals surface area contributed by atoms with Gasteiger partial charge in [-0.3, -0.25) is 4.79 Å². The predicted molar refractivity (Wildman–Crippen MR) is 116 cm³/mol. The van der Waals surface area contributed by atoms with Gasteiger partial charge in [-0.1, -0.05) is 19.1 Å². The average Bonchev–Trinajstić information content (AvgIpc) is 2.63. The quantitative estimate of drug-likeness (QED) is 0.405. The van der Waals surface area contributed by atoms with E-state index >= 15 is 0 Å². The summed E-state index contributed by atoms with van der Waals surface area (Å²) in [5.74, 6) is 2.45. The summed E-state index contributed by atoms with van der Waals surface area (Å²) >= 11 is 0. The number of piperidine rings is 1. The molecule has 7 heteroatoms. The van der Waals surface area contributed by atoms with Crippen LogP contribution in [0.3, 0.4) is 0 Å². The van der Waals surface area contributed by atoms with Crippen LogP contribution in [0.2, 0.25) is 0 Å². The minimum Gasteiger partial charge on any atom is -0.497 e. The molecule has 0 aromatic heterocycles. The van der Waals surface area contributed by atoms with Gasteiger partial charge in [0.05, 0.1) is 20.2 Å². The first-order valence-corrected chi connectivity index (χ1v) is 8.86. The fourth-order valence-electron chi connectivity index (χ4n) is 2.70. The number of nitrogens with one attached hydrogen (secondary N) is 1. The van der Waals surface area contributed by atoms with Crippen molar-refractivity contribution in [2.75, 3.05) is 40.8 Å². The van der Waals surface area contributed by atoms with Crippen LogP contribution in [0.5, 0.6) is 5.75 Å². The van der Waals surface area contributed by atoms with Crippen LogP contribution in [0.15, 0.2) is 29.3 Å². The van der Waals surface area contributed by atoms with Crippen molar-refractivity contribution < 1.29 is 9.53 Å². The maximum Gasteiger partial charge on any atom is 0.241 e. The van der Waals surface area contributed by atoms with Crippen molar-refractivity contribution in [2.45, 2.75) is 26.3 Å². The zero-order valence-electron chi connectivity index (χ0n) is 16.2. The predicted octanol–water partition coefficient (Wildman–Crippen LogP) is 2.58. The molecule has 1 N–H and O–H groups in total. The highest BCUT2D eigenvalue weighted by atomic mass is 127. The molecule has 0 saturated carbocycles. The largest absolute Gasteiger partial charge is 0.497 e. The molecular formula is C19H31IN4O2. The number of likely N-dealkylation sites (N-methyl/N-ethyl adjacent to an activating group) is 1. The summed E-state index contributed by atoms with van der Waals surface area (Å²) in [6, 6.07) is 7.92. The lowest BCUT2D eigenvalue weighted by Crippen LogP contribution is -2.48. The first-order chi connectivity index (χ1) is 12.0. The fourth-order valence-corrected chi connectivity index (χ4v) is 2.70. The van der Waals surface area contributed by atoms with E-state index in [-0.39, 0.29) is 36.4 Å². The molecule has 1 fully saturated rings. The second-order valence-electron chi connectivity index (χ2n) is 6.80. The first-order valence-electron chi connectivity index (χ1n) is 8.86. The van der Waals surface area contributed by atoms with Crippen LogP contribution in [-0.2, 0) is 11.3 Å². The minimum atomic E-state index is 0. The third-order valence-corrected chi connectivity index (χ3v) is 4.55. The number of carbonyl (C=O) groups excluding carboxylic acids is 1. The van der Waals surface area contributed by atoms with Gasteiger partial charge in [0.1, 0.15) is 5.75 Å². The summed E-state index contributed by atoms with van der Waals surface area (Å²) in [7, 11) is 5.19. The maximum absolute atomic E-state index is 11.9. The number of hydrogen-bond donors (Lipinski definition) is 1. The smallest absolute Gasteiger partial charge is 0.241 e. The Morgan fingerprint density at radius 2 is 1.88 bits per heavy atom. The van der Waals surface area contributed by atoms with Gasteiger partial charge in [-0.15, -0.1) is 24.0 Å². The molecule has 1 saturated heterocycles. The van der Waals surface area contributed by atoms with Gasteiger partial charge in [0.2, 0.25) is 5.91 Å². The zero-order chi connectivity index (χ0) is 18.2. The van der Waals surface area contributed by atoms with Crippen molar-refractivity contribution >= 4 is 35.8 Å².